The van der Waals surface area contributed by atoms with Gasteiger partial charge < -0.3 is 19.5 Å². The van der Waals surface area contributed by atoms with Gasteiger partial charge >= 0.3 is 0 Å². The molecule has 4 aromatic rings. The number of carbonyl (C=O) groups is 1. The van der Waals surface area contributed by atoms with Crippen LogP contribution in [0.1, 0.15) is 39.6 Å². The molecule has 2 N–H and O–H groups in total. The quantitative estimate of drug-likeness (QED) is 0.398. The van der Waals surface area contributed by atoms with Gasteiger partial charge in [0.25, 0.3) is 5.56 Å². The molecule has 32 heavy (non-hydrogen) atoms. The number of hydrogen-bond donors (Lipinski definition) is 2. The van der Waals surface area contributed by atoms with Crippen LogP contribution in [0.15, 0.2) is 51.9 Å². The number of aromatic amines is 1. The van der Waals surface area contributed by atoms with Gasteiger partial charge in [0.2, 0.25) is 5.91 Å². The fraction of sp³-hybridized carbons (Fsp3) is 0.292. The standard InChI is InChI=1S/C24H25N3O4S/c1-15-16(2)32-24-22(15)23(29)26-20(27-24)8-9-21(28)25-12-17-5-3-6-18(11-17)13-30-14-19-7-4-10-31-19/h3-7,10-11H,8-9,12-14H2,1-2H3,(H,25,28)(H,26,27,29). The smallest absolute Gasteiger partial charge is 0.259 e. The van der Waals surface area contributed by atoms with E-state index in [0.717, 1.165) is 32.2 Å². The molecule has 3 aromatic heterocycles. The average molecular weight is 452 g/mol. The van der Waals surface area contributed by atoms with Gasteiger partial charge in [-0.15, -0.1) is 11.3 Å². The van der Waals surface area contributed by atoms with Gasteiger partial charge in [-0.1, -0.05) is 24.3 Å². The van der Waals surface area contributed by atoms with Gasteiger partial charge in [-0.05, 0) is 42.7 Å². The molecular formula is C24H25N3O4S. The first-order chi connectivity index (χ1) is 15.5. The van der Waals surface area contributed by atoms with Crippen LogP contribution in [0.2, 0.25) is 0 Å². The lowest BCUT2D eigenvalue weighted by atomic mass is 10.1. The van der Waals surface area contributed by atoms with Crippen LogP contribution in [0.25, 0.3) is 10.2 Å². The molecule has 0 saturated heterocycles. The fourth-order valence-corrected chi connectivity index (χ4v) is 4.48. The summed E-state index contributed by atoms with van der Waals surface area (Å²) in [6, 6.07) is 11.6. The number of thiophene rings is 1. The number of amides is 1. The summed E-state index contributed by atoms with van der Waals surface area (Å²) < 4.78 is 10.9. The third kappa shape index (κ3) is 5.33. The van der Waals surface area contributed by atoms with E-state index in [1.54, 1.807) is 6.26 Å². The number of aryl methyl sites for hydroxylation is 3. The van der Waals surface area contributed by atoms with Gasteiger partial charge in [0.1, 0.15) is 23.0 Å². The first-order valence-electron chi connectivity index (χ1n) is 10.4. The van der Waals surface area contributed by atoms with Crippen LogP contribution >= 0.6 is 11.3 Å². The van der Waals surface area contributed by atoms with E-state index >= 15 is 0 Å². The predicted octanol–water partition coefficient (Wildman–Crippen LogP) is 4.16. The van der Waals surface area contributed by atoms with E-state index in [0.29, 0.717) is 37.4 Å². The van der Waals surface area contributed by atoms with Crippen LogP contribution in [0.3, 0.4) is 0 Å². The number of ether oxygens (including phenoxy) is 1. The van der Waals surface area contributed by atoms with Crippen molar-refractivity contribution in [1.82, 2.24) is 15.3 Å². The Balaban J connectivity index is 1.27. The van der Waals surface area contributed by atoms with E-state index in [1.165, 1.54) is 11.3 Å². The second-order valence-corrected chi connectivity index (χ2v) is 8.85. The van der Waals surface area contributed by atoms with Crippen molar-refractivity contribution >= 4 is 27.5 Å². The first-order valence-corrected chi connectivity index (χ1v) is 11.2. The maximum absolute atomic E-state index is 12.4. The topological polar surface area (TPSA) is 97.2 Å². The molecular weight excluding hydrogens is 426 g/mol. The summed E-state index contributed by atoms with van der Waals surface area (Å²) in [4.78, 5) is 33.8. The number of hydrogen-bond acceptors (Lipinski definition) is 6. The highest BCUT2D eigenvalue weighted by Gasteiger charge is 2.12. The van der Waals surface area contributed by atoms with Crippen LogP contribution in [0.4, 0.5) is 0 Å². The Morgan fingerprint density at radius 3 is 2.84 bits per heavy atom. The van der Waals surface area contributed by atoms with Crippen LogP contribution in [-0.2, 0) is 35.7 Å². The summed E-state index contributed by atoms with van der Waals surface area (Å²) >= 11 is 1.51. The fourth-order valence-electron chi connectivity index (χ4n) is 3.43. The SMILES string of the molecule is Cc1sc2nc(CCC(=O)NCc3cccc(COCc4ccco4)c3)[nH]c(=O)c2c1C. The highest BCUT2D eigenvalue weighted by molar-refractivity contribution is 7.18. The molecule has 0 aliphatic heterocycles. The molecule has 7 nitrogen and oxygen atoms in total. The summed E-state index contributed by atoms with van der Waals surface area (Å²) in [6.07, 6.45) is 2.26. The minimum absolute atomic E-state index is 0.0919. The van der Waals surface area contributed by atoms with E-state index in [1.807, 2.05) is 50.2 Å². The van der Waals surface area contributed by atoms with Crippen LogP contribution in [-0.4, -0.2) is 15.9 Å². The molecule has 166 valence electrons. The van der Waals surface area contributed by atoms with Gasteiger partial charge in [0.05, 0.1) is 18.3 Å². The van der Waals surface area contributed by atoms with Crippen molar-refractivity contribution in [3.8, 4) is 0 Å². The number of aromatic nitrogens is 2. The first kappa shape index (κ1) is 22.0. The monoisotopic (exact) mass is 451 g/mol. The molecule has 1 amide bonds. The van der Waals surface area contributed by atoms with E-state index < -0.39 is 0 Å². The summed E-state index contributed by atoms with van der Waals surface area (Å²) in [5, 5.41) is 3.57. The normalized spacial score (nSPS) is 11.2. The second kappa shape index (κ2) is 9.93. The van der Waals surface area contributed by atoms with Crippen LogP contribution in [0.5, 0.6) is 0 Å². The van der Waals surface area contributed by atoms with Crippen molar-refractivity contribution in [3.63, 3.8) is 0 Å². The van der Waals surface area contributed by atoms with Gasteiger partial charge in [-0.2, -0.15) is 0 Å². The Hall–Kier alpha value is -3.23. The number of nitrogens with one attached hydrogen (secondary N) is 2. The van der Waals surface area contributed by atoms with Gasteiger partial charge in [-0.25, -0.2) is 4.98 Å². The van der Waals surface area contributed by atoms with Crippen molar-refractivity contribution in [2.24, 2.45) is 0 Å². The molecule has 0 spiro atoms. The summed E-state index contributed by atoms with van der Waals surface area (Å²) in [7, 11) is 0. The molecule has 0 saturated carbocycles. The number of fused-ring (bicyclic) bond motifs is 1. The van der Waals surface area contributed by atoms with E-state index in [4.69, 9.17) is 9.15 Å². The Morgan fingerprint density at radius 2 is 2.03 bits per heavy atom. The van der Waals surface area contributed by atoms with Crippen LogP contribution in [0, 0.1) is 13.8 Å². The largest absolute Gasteiger partial charge is 0.467 e. The molecule has 8 heteroatoms. The van der Waals surface area contributed by atoms with Gasteiger partial charge in [0.15, 0.2) is 0 Å². The average Bonchev–Trinajstić information content (AvgIpc) is 3.39. The maximum atomic E-state index is 12.4. The highest BCUT2D eigenvalue weighted by Crippen LogP contribution is 2.25. The predicted molar refractivity (Wildman–Crippen MR) is 124 cm³/mol. The summed E-state index contributed by atoms with van der Waals surface area (Å²) in [5.41, 5.74) is 2.85. The maximum Gasteiger partial charge on any atom is 0.259 e. The van der Waals surface area contributed by atoms with Gasteiger partial charge in [0, 0.05) is 24.3 Å². The molecule has 0 unspecified atom stereocenters. The molecule has 4 rings (SSSR count). The number of rotatable bonds is 9. The Morgan fingerprint density at radius 1 is 1.19 bits per heavy atom. The van der Waals surface area contributed by atoms with Crippen molar-refractivity contribution in [1.29, 1.82) is 0 Å². The number of carbonyl (C=O) groups excluding carboxylic acids is 1. The minimum Gasteiger partial charge on any atom is -0.467 e. The van der Waals surface area contributed by atoms with Crippen molar-refractivity contribution in [3.05, 3.63) is 86.2 Å². The number of furan rings is 1. The number of H-pyrrole nitrogens is 1. The molecule has 0 bridgehead atoms. The third-order valence-corrected chi connectivity index (χ3v) is 6.35. The highest BCUT2D eigenvalue weighted by atomic mass is 32.1. The molecule has 0 fully saturated rings. The number of benzene rings is 1. The lowest BCUT2D eigenvalue weighted by Gasteiger charge is -2.08. The second-order valence-electron chi connectivity index (χ2n) is 7.64. The number of nitrogens with zero attached hydrogens (tertiary/aromatic N) is 1. The Labute approximate surface area is 189 Å². The zero-order valence-electron chi connectivity index (χ0n) is 18.1. The molecule has 0 atom stereocenters. The van der Waals surface area contributed by atoms with Crippen molar-refractivity contribution in [2.45, 2.75) is 46.4 Å². The molecule has 0 aliphatic rings. The molecule has 1 aromatic carbocycles. The van der Waals surface area contributed by atoms with E-state index in [2.05, 4.69) is 15.3 Å². The zero-order valence-corrected chi connectivity index (χ0v) is 18.9. The Kier molecular flexibility index (Phi) is 6.82. The van der Waals surface area contributed by atoms with Crippen LogP contribution < -0.4 is 10.9 Å². The third-order valence-electron chi connectivity index (χ3n) is 5.25. The summed E-state index contributed by atoms with van der Waals surface area (Å²) in [6.45, 7) is 5.22. The Bertz CT molecular complexity index is 1270. The van der Waals surface area contributed by atoms with E-state index in [-0.39, 0.29) is 17.9 Å². The lowest BCUT2D eigenvalue weighted by Crippen LogP contribution is -2.23. The molecule has 3 heterocycles. The van der Waals surface area contributed by atoms with E-state index in [9.17, 15) is 9.59 Å². The zero-order chi connectivity index (χ0) is 22.5. The van der Waals surface area contributed by atoms with Crippen molar-refractivity contribution < 1.29 is 13.9 Å². The molecule has 0 aliphatic carbocycles. The van der Waals surface area contributed by atoms with Gasteiger partial charge in [-0.3, -0.25) is 9.59 Å². The minimum atomic E-state index is -0.140. The lowest BCUT2D eigenvalue weighted by molar-refractivity contribution is -0.121. The van der Waals surface area contributed by atoms with Crippen molar-refractivity contribution in [2.75, 3.05) is 0 Å². The molecule has 0 radical (unpaired) electrons. The summed E-state index contributed by atoms with van der Waals surface area (Å²) in [5.74, 6) is 1.23.